The van der Waals surface area contributed by atoms with Crippen molar-refractivity contribution in [1.82, 2.24) is 4.90 Å². The lowest BCUT2D eigenvalue weighted by Gasteiger charge is -2.37. The van der Waals surface area contributed by atoms with Gasteiger partial charge in [0.1, 0.15) is 5.75 Å². The molecule has 3 rings (SSSR count). The molecule has 0 aliphatic carbocycles. The summed E-state index contributed by atoms with van der Waals surface area (Å²) in [6.45, 7) is 7.53. The number of hydrogen-bond donors (Lipinski definition) is 1. The topological polar surface area (TPSA) is 58.8 Å². The van der Waals surface area contributed by atoms with E-state index in [2.05, 4.69) is 11.0 Å². The highest BCUT2D eigenvalue weighted by atomic mass is 16.5. The molecule has 5 heteroatoms. The molecule has 2 aromatic carbocycles. The number of ether oxygens (including phenoxy) is 1. The minimum absolute atomic E-state index is 0.0579. The molecule has 2 N–H and O–H groups in total. The summed E-state index contributed by atoms with van der Waals surface area (Å²) >= 11 is 0. The molecule has 0 saturated carbocycles. The van der Waals surface area contributed by atoms with Gasteiger partial charge >= 0.3 is 0 Å². The summed E-state index contributed by atoms with van der Waals surface area (Å²) in [6.07, 6.45) is 0. The Balaban J connectivity index is 1.70. The summed E-state index contributed by atoms with van der Waals surface area (Å²) in [6, 6.07) is 13.6. The molecule has 0 unspecified atom stereocenters. The van der Waals surface area contributed by atoms with Crippen molar-refractivity contribution in [3.63, 3.8) is 0 Å². The summed E-state index contributed by atoms with van der Waals surface area (Å²) in [5.74, 6) is 0.957. The zero-order valence-electron chi connectivity index (χ0n) is 14.9. The number of piperazine rings is 1. The fourth-order valence-electron chi connectivity index (χ4n) is 3.19. The lowest BCUT2D eigenvalue weighted by atomic mass is 10.1. The van der Waals surface area contributed by atoms with Gasteiger partial charge in [0.05, 0.1) is 12.3 Å². The van der Waals surface area contributed by atoms with E-state index in [9.17, 15) is 4.79 Å². The maximum absolute atomic E-state index is 12.8. The lowest BCUT2D eigenvalue weighted by Crippen LogP contribution is -2.49. The first-order chi connectivity index (χ1) is 12.1. The Hall–Kier alpha value is -2.69. The molecule has 1 amide bonds. The lowest BCUT2D eigenvalue weighted by molar-refractivity contribution is 0.0746. The molecule has 0 bridgehead atoms. The number of nitrogens with two attached hydrogens (primary N) is 1. The van der Waals surface area contributed by atoms with Gasteiger partial charge in [0.2, 0.25) is 0 Å². The van der Waals surface area contributed by atoms with Gasteiger partial charge < -0.3 is 20.3 Å². The normalized spacial score (nSPS) is 14.5. The molecule has 1 aliphatic heterocycles. The van der Waals surface area contributed by atoms with Crippen molar-refractivity contribution in [2.75, 3.05) is 43.4 Å². The predicted octanol–water partition coefficient (Wildman–Crippen LogP) is 2.94. The first kappa shape index (κ1) is 17.1. The van der Waals surface area contributed by atoms with Gasteiger partial charge in [0.15, 0.2) is 0 Å². The number of aryl methyl sites for hydroxylation is 1. The van der Waals surface area contributed by atoms with Gasteiger partial charge in [-0.3, -0.25) is 4.79 Å². The number of para-hydroxylation sites is 2. The summed E-state index contributed by atoms with van der Waals surface area (Å²) < 4.78 is 5.73. The van der Waals surface area contributed by atoms with Crippen molar-refractivity contribution in [3.8, 4) is 5.75 Å². The molecule has 0 spiro atoms. The third-order valence-electron chi connectivity index (χ3n) is 4.56. The fraction of sp³-hybridized carbons (Fsp3) is 0.350. The van der Waals surface area contributed by atoms with Crippen LogP contribution in [0.15, 0.2) is 42.5 Å². The van der Waals surface area contributed by atoms with Crippen molar-refractivity contribution < 1.29 is 9.53 Å². The molecule has 1 aliphatic rings. The van der Waals surface area contributed by atoms with Crippen molar-refractivity contribution >= 4 is 17.3 Å². The van der Waals surface area contributed by atoms with Crippen LogP contribution in [0.5, 0.6) is 5.75 Å². The third kappa shape index (κ3) is 3.71. The van der Waals surface area contributed by atoms with E-state index in [1.54, 1.807) is 6.07 Å². The zero-order chi connectivity index (χ0) is 17.8. The van der Waals surface area contributed by atoms with E-state index in [4.69, 9.17) is 10.5 Å². The number of carbonyl (C=O) groups is 1. The van der Waals surface area contributed by atoms with Crippen LogP contribution in [0, 0.1) is 6.92 Å². The van der Waals surface area contributed by atoms with E-state index in [-0.39, 0.29) is 5.91 Å². The van der Waals surface area contributed by atoms with Crippen LogP contribution in [0.3, 0.4) is 0 Å². The van der Waals surface area contributed by atoms with Crippen LogP contribution < -0.4 is 15.4 Å². The quantitative estimate of drug-likeness (QED) is 0.870. The average molecular weight is 339 g/mol. The SMILES string of the molecule is CCOc1ccccc1N1CCN(C(=O)c2cc(N)ccc2C)CC1. The van der Waals surface area contributed by atoms with Crippen LogP contribution in [0.1, 0.15) is 22.8 Å². The summed E-state index contributed by atoms with van der Waals surface area (Å²) in [7, 11) is 0. The number of benzene rings is 2. The molecule has 132 valence electrons. The smallest absolute Gasteiger partial charge is 0.254 e. The molecule has 0 aromatic heterocycles. The first-order valence-corrected chi connectivity index (χ1v) is 8.72. The highest BCUT2D eigenvalue weighted by molar-refractivity contribution is 5.96. The maximum atomic E-state index is 12.8. The molecule has 5 nitrogen and oxygen atoms in total. The minimum Gasteiger partial charge on any atom is -0.492 e. The summed E-state index contributed by atoms with van der Waals surface area (Å²) in [5, 5.41) is 0. The van der Waals surface area contributed by atoms with Crippen LogP contribution in [0.25, 0.3) is 0 Å². The van der Waals surface area contributed by atoms with Gasteiger partial charge in [-0.15, -0.1) is 0 Å². The average Bonchev–Trinajstić information content (AvgIpc) is 2.64. The summed E-state index contributed by atoms with van der Waals surface area (Å²) in [4.78, 5) is 17.0. The second-order valence-electron chi connectivity index (χ2n) is 6.25. The van der Waals surface area contributed by atoms with E-state index in [1.807, 2.05) is 49.1 Å². The first-order valence-electron chi connectivity index (χ1n) is 8.72. The maximum Gasteiger partial charge on any atom is 0.254 e. The molecule has 1 fully saturated rings. The van der Waals surface area contributed by atoms with Crippen molar-refractivity contribution in [2.45, 2.75) is 13.8 Å². The van der Waals surface area contributed by atoms with Crippen LogP contribution in [-0.4, -0.2) is 43.6 Å². The second kappa shape index (κ2) is 7.47. The second-order valence-corrected chi connectivity index (χ2v) is 6.25. The van der Waals surface area contributed by atoms with Crippen molar-refractivity contribution in [3.05, 3.63) is 53.6 Å². The number of nitrogen functional groups attached to an aromatic ring is 1. The Bertz CT molecular complexity index is 752. The Morgan fingerprint density at radius 2 is 1.84 bits per heavy atom. The van der Waals surface area contributed by atoms with Gasteiger partial charge in [-0.05, 0) is 43.7 Å². The number of nitrogens with zero attached hydrogens (tertiary/aromatic N) is 2. The fourth-order valence-corrected chi connectivity index (χ4v) is 3.19. The molecular formula is C20H25N3O2. The Morgan fingerprint density at radius 1 is 1.12 bits per heavy atom. The monoisotopic (exact) mass is 339 g/mol. The standard InChI is InChI=1S/C20H25N3O2/c1-3-25-19-7-5-4-6-18(19)22-10-12-23(13-11-22)20(24)17-14-16(21)9-8-15(17)2/h4-9,14H,3,10-13,21H2,1-2H3. The zero-order valence-corrected chi connectivity index (χ0v) is 14.9. The Morgan fingerprint density at radius 3 is 2.56 bits per heavy atom. The van der Waals surface area contributed by atoms with Gasteiger partial charge in [-0.25, -0.2) is 0 Å². The van der Waals surface area contributed by atoms with E-state index in [0.717, 1.165) is 30.1 Å². The largest absolute Gasteiger partial charge is 0.492 e. The molecular weight excluding hydrogens is 314 g/mol. The van der Waals surface area contributed by atoms with E-state index >= 15 is 0 Å². The Kier molecular flexibility index (Phi) is 5.12. The van der Waals surface area contributed by atoms with E-state index in [1.165, 1.54) is 0 Å². The van der Waals surface area contributed by atoms with Crippen LogP contribution >= 0.6 is 0 Å². The molecule has 0 atom stereocenters. The number of anilines is 2. The van der Waals surface area contributed by atoms with Crippen molar-refractivity contribution in [1.29, 1.82) is 0 Å². The number of rotatable bonds is 4. The minimum atomic E-state index is 0.0579. The van der Waals surface area contributed by atoms with Gasteiger partial charge in [-0.2, -0.15) is 0 Å². The molecule has 2 aromatic rings. The van der Waals surface area contributed by atoms with Crippen LogP contribution in [-0.2, 0) is 0 Å². The highest BCUT2D eigenvalue weighted by Gasteiger charge is 2.24. The third-order valence-corrected chi connectivity index (χ3v) is 4.56. The number of hydrogen-bond acceptors (Lipinski definition) is 4. The van der Waals surface area contributed by atoms with E-state index in [0.29, 0.717) is 30.9 Å². The molecule has 1 heterocycles. The molecule has 25 heavy (non-hydrogen) atoms. The number of carbonyl (C=O) groups excluding carboxylic acids is 1. The predicted molar refractivity (Wildman–Crippen MR) is 101 cm³/mol. The van der Waals surface area contributed by atoms with Crippen LogP contribution in [0.4, 0.5) is 11.4 Å². The van der Waals surface area contributed by atoms with Gasteiger partial charge in [0.25, 0.3) is 5.91 Å². The van der Waals surface area contributed by atoms with Gasteiger partial charge in [0, 0.05) is 37.4 Å². The Labute approximate surface area is 149 Å². The van der Waals surface area contributed by atoms with Crippen molar-refractivity contribution in [2.24, 2.45) is 0 Å². The summed E-state index contributed by atoms with van der Waals surface area (Å²) in [5.41, 5.74) is 9.22. The highest BCUT2D eigenvalue weighted by Crippen LogP contribution is 2.29. The van der Waals surface area contributed by atoms with Gasteiger partial charge in [-0.1, -0.05) is 18.2 Å². The van der Waals surface area contributed by atoms with Crippen LogP contribution in [0.2, 0.25) is 0 Å². The number of amides is 1. The molecule has 0 radical (unpaired) electrons. The molecule has 1 saturated heterocycles. The van der Waals surface area contributed by atoms with E-state index < -0.39 is 0 Å².